The molecule has 0 saturated heterocycles. The van der Waals surface area contributed by atoms with E-state index in [0.29, 0.717) is 19.2 Å². The number of aliphatic hydroxyl groups is 1. The third kappa shape index (κ3) is 3.50. The number of ether oxygens (including phenoxy) is 1. The molecule has 1 aromatic heterocycles. The van der Waals surface area contributed by atoms with Gasteiger partial charge >= 0.3 is 0 Å². The maximum atomic E-state index is 13.5. The highest BCUT2D eigenvalue weighted by Crippen LogP contribution is 2.20. The highest BCUT2D eigenvalue weighted by Gasteiger charge is 2.15. The van der Waals surface area contributed by atoms with Gasteiger partial charge in [-0.2, -0.15) is 0 Å². The monoisotopic (exact) mass is 247 g/mol. The van der Waals surface area contributed by atoms with Crippen LogP contribution in [0.4, 0.5) is 20.4 Å². The molecule has 1 heterocycles. The molecule has 0 unspecified atom stereocenters. The number of hydrogen-bond acceptors (Lipinski definition) is 5. The number of methoxy groups -OCH3 is 1. The van der Waals surface area contributed by atoms with E-state index in [0.717, 1.165) is 0 Å². The predicted molar refractivity (Wildman–Crippen MR) is 59.7 cm³/mol. The first-order chi connectivity index (χ1) is 8.10. The van der Waals surface area contributed by atoms with E-state index in [9.17, 15) is 8.78 Å². The number of hydrogen-bond donors (Lipinski definition) is 2. The Morgan fingerprint density at radius 2 is 2.12 bits per heavy atom. The van der Waals surface area contributed by atoms with E-state index < -0.39 is 11.6 Å². The summed E-state index contributed by atoms with van der Waals surface area (Å²) in [6, 6.07) is 0.675. The van der Waals surface area contributed by atoms with Gasteiger partial charge in [-0.05, 0) is 0 Å². The van der Waals surface area contributed by atoms with Gasteiger partial charge in [-0.25, -0.2) is 13.8 Å². The molecule has 17 heavy (non-hydrogen) atoms. The average Bonchev–Trinajstić information content (AvgIpc) is 2.29. The van der Waals surface area contributed by atoms with Crippen molar-refractivity contribution in [3.63, 3.8) is 0 Å². The molecule has 0 aromatic carbocycles. The van der Waals surface area contributed by atoms with Crippen molar-refractivity contribution in [2.45, 2.75) is 0 Å². The standard InChI is InChI=1S/C10H15F2N3O2/c1-17-5-3-15(2-4-16)10-8(12)6-7(11)9(13)14-10/h6,16H,2-5H2,1H3,(H2,13,14). The number of aromatic nitrogens is 1. The minimum atomic E-state index is -0.901. The van der Waals surface area contributed by atoms with Gasteiger partial charge in [-0.3, -0.25) is 0 Å². The molecule has 0 bridgehead atoms. The minimum absolute atomic E-state index is 0.0880. The van der Waals surface area contributed by atoms with Crippen molar-refractivity contribution < 1.29 is 18.6 Å². The van der Waals surface area contributed by atoms with E-state index in [4.69, 9.17) is 15.6 Å². The smallest absolute Gasteiger partial charge is 0.168 e. The molecule has 1 aromatic rings. The van der Waals surface area contributed by atoms with Crippen LogP contribution in [0.3, 0.4) is 0 Å². The van der Waals surface area contributed by atoms with E-state index in [1.54, 1.807) is 0 Å². The number of nitrogens with two attached hydrogens (primary N) is 1. The molecule has 0 amide bonds. The van der Waals surface area contributed by atoms with Crippen molar-refractivity contribution in [3.05, 3.63) is 17.7 Å². The molecule has 5 nitrogen and oxygen atoms in total. The molecule has 0 radical (unpaired) electrons. The zero-order valence-electron chi connectivity index (χ0n) is 9.49. The van der Waals surface area contributed by atoms with Crippen LogP contribution in [-0.2, 0) is 4.74 Å². The Morgan fingerprint density at radius 3 is 2.71 bits per heavy atom. The van der Waals surface area contributed by atoms with Crippen LogP contribution in [0.5, 0.6) is 0 Å². The van der Waals surface area contributed by atoms with Crippen molar-refractivity contribution in [1.29, 1.82) is 0 Å². The van der Waals surface area contributed by atoms with E-state index in [-0.39, 0.29) is 24.8 Å². The van der Waals surface area contributed by atoms with E-state index in [1.165, 1.54) is 12.0 Å². The molecule has 0 aliphatic rings. The summed E-state index contributed by atoms with van der Waals surface area (Å²) in [4.78, 5) is 5.07. The molecular weight excluding hydrogens is 232 g/mol. The number of rotatable bonds is 6. The Balaban J connectivity index is 2.96. The molecule has 0 atom stereocenters. The van der Waals surface area contributed by atoms with Gasteiger partial charge in [-0.1, -0.05) is 0 Å². The molecule has 96 valence electrons. The highest BCUT2D eigenvalue weighted by atomic mass is 19.1. The number of halogens is 2. The normalized spacial score (nSPS) is 10.6. The van der Waals surface area contributed by atoms with E-state index in [1.807, 2.05) is 0 Å². The average molecular weight is 247 g/mol. The predicted octanol–water partition coefficient (Wildman–Crippen LogP) is 0.387. The largest absolute Gasteiger partial charge is 0.395 e. The van der Waals surface area contributed by atoms with Gasteiger partial charge in [0, 0.05) is 26.3 Å². The van der Waals surface area contributed by atoms with Crippen LogP contribution in [-0.4, -0.2) is 43.5 Å². The number of nitrogens with zero attached hydrogens (tertiary/aromatic N) is 2. The molecule has 3 N–H and O–H groups in total. The van der Waals surface area contributed by atoms with Crippen molar-refractivity contribution in [2.24, 2.45) is 0 Å². The van der Waals surface area contributed by atoms with Crippen LogP contribution < -0.4 is 10.6 Å². The number of nitrogen functional groups attached to an aromatic ring is 1. The highest BCUT2D eigenvalue weighted by molar-refractivity contribution is 5.47. The van der Waals surface area contributed by atoms with E-state index in [2.05, 4.69) is 4.98 Å². The van der Waals surface area contributed by atoms with Gasteiger partial charge in [0.15, 0.2) is 23.3 Å². The number of pyridine rings is 1. The third-order valence-electron chi connectivity index (χ3n) is 2.17. The molecule has 0 saturated carbocycles. The Morgan fingerprint density at radius 1 is 1.41 bits per heavy atom. The second kappa shape index (κ2) is 6.31. The van der Waals surface area contributed by atoms with Crippen LogP contribution >= 0.6 is 0 Å². The van der Waals surface area contributed by atoms with Crippen molar-refractivity contribution >= 4 is 11.6 Å². The molecule has 0 aliphatic carbocycles. The Bertz CT molecular complexity index is 377. The first kappa shape index (κ1) is 13.6. The van der Waals surface area contributed by atoms with Crippen molar-refractivity contribution in [3.8, 4) is 0 Å². The third-order valence-corrected chi connectivity index (χ3v) is 2.17. The summed E-state index contributed by atoms with van der Waals surface area (Å²) < 4.78 is 31.3. The van der Waals surface area contributed by atoms with E-state index >= 15 is 0 Å². The topological polar surface area (TPSA) is 71.6 Å². The Labute approximate surface area is 97.8 Å². The lowest BCUT2D eigenvalue weighted by Crippen LogP contribution is -2.32. The zero-order chi connectivity index (χ0) is 12.8. The first-order valence-electron chi connectivity index (χ1n) is 5.06. The molecule has 1 rings (SSSR count). The number of anilines is 2. The van der Waals surface area contributed by atoms with Gasteiger partial charge in [-0.15, -0.1) is 0 Å². The van der Waals surface area contributed by atoms with Gasteiger partial charge in [0.1, 0.15) is 0 Å². The Kier molecular flexibility index (Phi) is 5.05. The van der Waals surface area contributed by atoms with Gasteiger partial charge in [0.05, 0.1) is 13.2 Å². The summed E-state index contributed by atoms with van der Waals surface area (Å²) in [5.41, 5.74) is 5.28. The van der Waals surface area contributed by atoms with Crippen LogP contribution in [0.15, 0.2) is 6.07 Å². The zero-order valence-corrected chi connectivity index (χ0v) is 9.49. The Hall–Kier alpha value is -1.47. The summed E-state index contributed by atoms with van der Waals surface area (Å²) in [6.45, 7) is 0.644. The summed E-state index contributed by atoms with van der Waals surface area (Å²) in [6.07, 6.45) is 0. The van der Waals surface area contributed by atoms with Crippen molar-refractivity contribution in [1.82, 2.24) is 4.98 Å². The SMILES string of the molecule is COCCN(CCO)c1nc(N)c(F)cc1F. The molecule has 0 aliphatic heterocycles. The number of aliphatic hydroxyl groups excluding tert-OH is 1. The van der Waals surface area contributed by atoms with Gasteiger partial charge in [0.25, 0.3) is 0 Å². The summed E-state index contributed by atoms with van der Waals surface area (Å²) in [5.74, 6) is -2.18. The second-order valence-electron chi connectivity index (χ2n) is 3.36. The lowest BCUT2D eigenvalue weighted by atomic mass is 10.3. The van der Waals surface area contributed by atoms with Crippen LogP contribution in [0.2, 0.25) is 0 Å². The fraction of sp³-hybridized carbons (Fsp3) is 0.500. The van der Waals surface area contributed by atoms with Gasteiger partial charge < -0.3 is 20.5 Å². The molecule has 7 heteroatoms. The van der Waals surface area contributed by atoms with Crippen LogP contribution in [0.1, 0.15) is 0 Å². The maximum Gasteiger partial charge on any atom is 0.168 e. The summed E-state index contributed by atoms with van der Waals surface area (Å²) in [7, 11) is 1.50. The lowest BCUT2D eigenvalue weighted by Gasteiger charge is -2.23. The molecular formula is C10H15F2N3O2. The molecule has 0 spiro atoms. The second-order valence-corrected chi connectivity index (χ2v) is 3.36. The van der Waals surface area contributed by atoms with Crippen LogP contribution in [0.25, 0.3) is 0 Å². The minimum Gasteiger partial charge on any atom is -0.395 e. The maximum absolute atomic E-state index is 13.5. The van der Waals surface area contributed by atoms with Crippen molar-refractivity contribution in [2.75, 3.05) is 44.0 Å². The summed E-state index contributed by atoms with van der Waals surface area (Å²) >= 11 is 0. The molecule has 0 fully saturated rings. The van der Waals surface area contributed by atoms with Crippen LogP contribution in [0, 0.1) is 11.6 Å². The lowest BCUT2D eigenvalue weighted by molar-refractivity contribution is 0.202. The quantitative estimate of drug-likeness (QED) is 0.760. The van der Waals surface area contributed by atoms with Gasteiger partial charge in [0.2, 0.25) is 0 Å². The fourth-order valence-electron chi connectivity index (χ4n) is 1.34. The summed E-state index contributed by atoms with van der Waals surface area (Å²) in [5, 5.41) is 8.87. The fourth-order valence-corrected chi connectivity index (χ4v) is 1.34. The first-order valence-corrected chi connectivity index (χ1v) is 5.06.